The third kappa shape index (κ3) is 3.65. The Hall–Kier alpha value is -1.72. The van der Waals surface area contributed by atoms with Crippen LogP contribution in [0, 0.1) is 10.1 Å². The third-order valence-electron chi connectivity index (χ3n) is 2.75. The molecule has 4 nitrogen and oxygen atoms in total. The molecule has 0 unspecified atom stereocenters. The molecule has 2 aromatic carbocycles. The molecule has 0 amide bonds. The maximum absolute atomic E-state index is 11.0. The Bertz CT molecular complexity index is 617. The van der Waals surface area contributed by atoms with Gasteiger partial charge in [-0.1, -0.05) is 17.7 Å². The Morgan fingerprint density at radius 2 is 1.95 bits per heavy atom. The number of hydrogen-bond donors (Lipinski definition) is 1. The van der Waals surface area contributed by atoms with E-state index in [1.54, 1.807) is 30.9 Å². The van der Waals surface area contributed by atoms with E-state index in [1.807, 2.05) is 30.3 Å². The standard InChI is InChI=1S/C14H13ClN2O2S/c1-16-13-7-2-10(8-14(13)17(18)19)9-20-12-5-3-11(15)4-6-12/h2-8,16H,9H2,1H3. The number of rotatable bonds is 5. The van der Waals surface area contributed by atoms with Crippen LogP contribution in [0.2, 0.25) is 5.02 Å². The fourth-order valence-electron chi connectivity index (χ4n) is 1.73. The van der Waals surface area contributed by atoms with E-state index < -0.39 is 0 Å². The zero-order valence-electron chi connectivity index (χ0n) is 10.8. The second-order valence-electron chi connectivity index (χ2n) is 4.10. The molecule has 0 aromatic heterocycles. The topological polar surface area (TPSA) is 55.2 Å². The van der Waals surface area contributed by atoms with Crippen LogP contribution in [0.25, 0.3) is 0 Å². The van der Waals surface area contributed by atoms with E-state index in [0.29, 0.717) is 16.5 Å². The average molecular weight is 309 g/mol. The van der Waals surface area contributed by atoms with Gasteiger partial charge in [-0.15, -0.1) is 11.8 Å². The summed E-state index contributed by atoms with van der Waals surface area (Å²) < 4.78 is 0. The Balaban J connectivity index is 2.11. The number of halogens is 1. The number of anilines is 1. The maximum Gasteiger partial charge on any atom is 0.292 e. The van der Waals surface area contributed by atoms with Gasteiger partial charge in [-0.25, -0.2) is 0 Å². The lowest BCUT2D eigenvalue weighted by atomic mass is 10.2. The third-order valence-corrected chi connectivity index (χ3v) is 4.08. The summed E-state index contributed by atoms with van der Waals surface area (Å²) >= 11 is 7.44. The molecule has 0 saturated carbocycles. The van der Waals surface area contributed by atoms with Crippen molar-refractivity contribution in [3.63, 3.8) is 0 Å². The molecule has 0 heterocycles. The van der Waals surface area contributed by atoms with E-state index in [2.05, 4.69) is 5.32 Å². The monoisotopic (exact) mass is 308 g/mol. The van der Waals surface area contributed by atoms with Crippen molar-refractivity contribution < 1.29 is 4.92 Å². The minimum Gasteiger partial charge on any atom is -0.383 e. The summed E-state index contributed by atoms with van der Waals surface area (Å²) in [6, 6.07) is 12.8. The summed E-state index contributed by atoms with van der Waals surface area (Å²) in [7, 11) is 1.67. The number of nitrogens with zero attached hydrogens (tertiary/aromatic N) is 1. The van der Waals surface area contributed by atoms with Gasteiger partial charge < -0.3 is 5.32 Å². The number of thioether (sulfide) groups is 1. The van der Waals surface area contributed by atoms with Gasteiger partial charge in [0, 0.05) is 28.8 Å². The fraction of sp³-hybridized carbons (Fsp3) is 0.143. The molecule has 0 saturated heterocycles. The zero-order chi connectivity index (χ0) is 14.5. The highest BCUT2D eigenvalue weighted by Gasteiger charge is 2.13. The first kappa shape index (κ1) is 14.7. The van der Waals surface area contributed by atoms with Gasteiger partial charge in [-0.05, 0) is 35.9 Å². The normalized spacial score (nSPS) is 10.3. The van der Waals surface area contributed by atoms with Gasteiger partial charge in [0.2, 0.25) is 0 Å². The van der Waals surface area contributed by atoms with Crippen LogP contribution in [0.1, 0.15) is 5.56 Å². The van der Waals surface area contributed by atoms with Crippen molar-refractivity contribution in [3.05, 3.63) is 63.2 Å². The van der Waals surface area contributed by atoms with Gasteiger partial charge in [-0.3, -0.25) is 10.1 Å². The van der Waals surface area contributed by atoms with Crippen LogP contribution in [-0.4, -0.2) is 12.0 Å². The highest BCUT2D eigenvalue weighted by atomic mass is 35.5. The fourth-order valence-corrected chi connectivity index (χ4v) is 2.69. The van der Waals surface area contributed by atoms with Crippen LogP contribution in [0.3, 0.4) is 0 Å². The summed E-state index contributed by atoms with van der Waals surface area (Å²) in [6.45, 7) is 0. The molecule has 0 atom stereocenters. The SMILES string of the molecule is CNc1ccc(CSc2ccc(Cl)cc2)cc1[N+](=O)[O-]. The Morgan fingerprint density at radius 1 is 1.25 bits per heavy atom. The summed E-state index contributed by atoms with van der Waals surface area (Å²) in [5.41, 5.74) is 1.53. The first-order chi connectivity index (χ1) is 9.60. The Labute approximate surface area is 126 Å². The van der Waals surface area contributed by atoms with Gasteiger partial charge >= 0.3 is 0 Å². The number of nitro benzene ring substituents is 1. The minimum atomic E-state index is -0.373. The van der Waals surface area contributed by atoms with Crippen LogP contribution in [0.5, 0.6) is 0 Å². The number of benzene rings is 2. The lowest BCUT2D eigenvalue weighted by Crippen LogP contribution is -1.97. The first-order valence-corrected chi connectivity index (χ1v) is 7.30. The van der Waals surface area contributed by atoms with E-state index in [9.17, 15) is 10.1 Å². The predicted octanol–water partition coefficient (Wildman–Crippen LogP) is 4.58. The van der Waals surface area contributed by atoms with Crippen molar-refractivity contribution >= 4 is 34.7 Å². The molecule has 2 rings (SSSR count). The molecule has 2 aromatic rings. The van der Waals surface area contributed by atoms with E-state index in [-0.39, 0.29) is 10.6 Å². The maximum atomic E-state index is 11.0. The lowest BCUT2D eigenvalue weighted by molar-refractivity contribution is -0.384. The Morgan fingerprint density at radius 3 is 2.55 bits per heavy atom. The smallest absolute Gasteiger partial charge is 0.292 e. The van der Waals surface area contributed by atoms with Gasteiger partial charge in [0.05, 0.1) is 4.92 Å². The van der Waals surface area contributed by atoms with Gasteiger partial charge in [0.25, 0.3) is 5.69 Å². The van der Waals surface area contributed by atoms with Crippen molar-refractivity contribution in [3.8, 4) is 0 Å². The highest BCUT2D eigenvalue weighted by molar-refractivity contribution is 7.98. The quantitative estimate of drug-likeness (QED) is 0.499. The van der Waals surface area contributed by atoms with Crippen molar-refractivity contribution in [2.45, 2.75) is 10.6 Å². The molecule has 6 heteroatoms. The molecule has 0 bridgehead atoms. The lowest BCUT2D eigenvalue weighted by Gasteiger charge is -2.06. The molecule has 104 valence electrons. The molecule has 0 radical (unpaired) electrons. The number of nitro groups is 1. The van der Waals surface area contributed by atoms with Gasteiger partial charge in [0.1, 0.15) is 5.69 Å². The van der Waals surface area contributed by atoms with Crippen molar-refractivity contribution in [1.29, 1.82) is 0 Å². The van der Waals surface area contributed by atoms with Crippen LogP contribution in [0.15, 0.2) is 47.4 Å². The van der Waals surface area contributed by atoms with Crippen molar-refractivity contribution in [1.82, 2.24) is 0 Å². The van der Waals surface area contributed by atoms with E-state index in [4.69, 9.17) is 11.6 Å². The molecule has 0 spiro atoms. The van der Waals surface area contributed by atoms with E-state index in [0.717, 1.165) is 10.5 Å². The summed E-state index contributed by atoms with van der Waals surface area (Å²) in [4.78, 5) is 11.7. The van der Waals surface area contributed by atoms with Gasteiger partial charge in [-0.2, -0.15) is 0 Å². The number of hydrogen-bond acceptors (Lipinski definition) is 4. The molecular weight excluding hydrogens is 296 g/mol. The molecule has 0 aliphatic rings. The molecule has 20 heavy (non-hydrogen) atoms. The van der Waals surface area contributed by atoms with E-state index in [1.165, 1.54) is 0 Å². The summed E-state index contributed by atoms with van der Waals surface area (Å²) in [5, 5.41) is 14.5. The zero-order valence-corrected chi connectivity index (χ0v) is 12.4. The van der Waals surface area contributed by atoms with Crippen LogP contribution in [0.4, 0.5) is 11.4 Å². The summed E-state index contributed by atoms with van der Waals surface area (Å²) in [5.74, 6) is 0.673. The van der Waals surface area contributed by atoms with Gasteiger partial charge in [0.15, 0.2) is 0 Å². The average Bonchev–Trinajstić information content (AvgIpc) is 2.46. The second kappa shape index (κ2) is 6.63. The molecule has 1 N–H and O–H groups in total. The highest BCUT2D eigenvalue weighted by Crippen LogP contribution is 2.29. The second-order valence-corrected chi connectivity index (χ2v) is 5.59. The predicted molar refractivity (Wildman–Crippen MR) is 83.7 cm³/mol. The van der Waals surface area contributed by atoms with Crippen molar-refractivity contribution in [2.75, 3.05) is 12.4 Å². The van der Waals surface area contributed by atoms with Crippen LogP contribution >= 0.6 is 23.4 Å². The van der Waals surface area contributed by atoms with Crippen LogP contribution < -0.4 is 5.32 Å². The summed E-state index contributed by atoms with van der Waals surface area (Å²) in [6.07, 6.45) is 0. The minimum absolute atomic E-state index is 0.0988. The number of nitrogens with one attached hydrogen (secondary N) is 1. The molecule has 0 aliphatic carbocycles. The Kier molecular flexibility index (Phi) is 4.87. The van der Waals surface area contributed by atoms with Crippen molar-refractivity contribution in [2.24, 2.45) is 0 Å². The molecule has 0 fully saturated rings. The van der Waals surface area contributed by atoms with E-state index >= 15 is 0 Å². The van der Waals surface area contributed by atoms with Crippen LogP contribution in [-0.2, 0) is 5.75 Å². The molecular formula is C14H13ClN2O2S. The first-order valence-electron chi connectivity index (χ1n) is 5.93. The largest absolute Gasteiger partial charge is 0.383 e. The molecule has 0 aliphatic heterocycles.